The molecule has 7 nitrogen and oxygen atoms in total. The Hall–Kier alpha value is -1.89. The van der Waals surface area contributed by atoms with Gasteiger partial charge >= 0.3 is 0 Å². The highest BCUT2D eigenvalue weighted by Gasteiger charge is 2.37. The van der Waals surface area contributed by atoms with E-state index in [1.165, 1.54) is 6.42 Å². The molecule has 7 heteroatoms. The Morgan fingerprint density at radius 3 is 2.50 bits per heavy atom. The van der Waals surface area contributed by atoms with Gasteiger partial charge in [0.15, 0.2) is 0 Å². The van der Waals surface area contributed by atoms with Crippen LogP contribution in [-0.4, -0.2) is 70.2 Å². The van der Waals surface area contributed by atoms with Crippen LogP contribution in [0.25, 0.3) is 0 Å². The summed E-state index contributed by atoms with van der Waals surface area (Å²) < 4.78 is 5.73. The molecule has 3 atom stereocenters. The predicted octanol–water partition coefficient (Wildman–Crippen LogP) is 1.78. The molecule has 1 aromatic rings. The Balaban J connectivity index is 1.45. The molecule has 26 heavy (non-hydrogen) atoms. The Bertz CT molecular complexity index is 674. The molecule has 1 aliphatic carbocycles. The molecule has 0 spiro atoms. The topological polar surface area (TPSA) is 78.5 Å². The molecule has 4 rings (SSSR count). The standard InChI is InChI=1S/C19H28N4O3/c1-12-9-23(10-13(2)26-12)19(25)16-8-20-21-17(16)15-6-7-22(11-15)18(24)14-4-3-5-14/h8,12-15H,3-7,9-11H2,1-2H3,(H,20,21)/t12-,13-,15-/m1/s1. The number of hydrogen-bond acceptors (Lipinski definition) is 4. The summed E-state index contributed by atoms with van der Waals surface area (Å²) in [5.74, 6) is 0.700. The summed E-state index contributed by atoms with van der Waals surface area (Å²) in [6, 6.07) is 0. The van der Waals surface area contributed by atoms with E-state index in [1.54, 1.807) is 6.20 Å². The van der Waals surface area contributed by atoms with Crippen molar-refractivity contribution >= 4 is 11.8 Å². The van der Waals surface area contributed by atoms with E-state index in [2.05, 4.69) is 10.2 Å². The van der Waals surface area contributed by atoms with E-state index in [9.17, 15) is 9.59 Å². The summed E-state index contributed by atoms with van der Waals surface area (Å²) in [5, 5.41) is 7.19. The van der Waals surface area contributed by atoms with Crippen LogP contribution in [0.4, 0.5) is 0 Å². The molecule has 2 amide bonds. The number of aromatic nitrogens is 2. The van der Waals surface area contributed by atoms with Crippen LogP contribution < -0.4 is 0 Å². The zero-order chi connectivity index (χ0) is 18.3. The van der Waals surface area contributed by atoms with Crippen molar-refractivity contribution in [1.29, 1.82) is 0 Å². The maximum Gasteiger partial charge on any atom is 0.257 e. The fraction of sp³-hybridized carbons (Fsp3) is 0.737. The summed E-state index contributed by atoms with van der Waals surface area (Å²) in [6.07, 6.45) is 5.83. The number of H-pyrrole nitrogens is 1. The molecule has 3 aliphatic rings. The highest BCUT2D eigenvalue weighted by atomic mass is 16.5. The van der Waals surface area contributed by atoms with Crippen molar-refractivity contribution in [3.05, 3.63) is 17.5 Å². The number of hydrogen-bond donors (Lipinski definition) is 1. The highest BCUT2D eigenvalue weighted by Crippen LogP contribution is 2.34. The SMILES string of the molecule is C[C@@H]1CN(C(=O)c2cn[nH]c2[C@@H]2CCN(C(=O)C3CCC3)C2)C[C@@H](C)O1. The minimum atomic E-state index is 0.0134. The van der Waals surface area contributed by atoms with Crippen LogP contribution in [0.2, 0.25) is 0 Å². The number of carbonyl (C=O) groups is 2. The molecule has 3 fully saturated rings. The number of nitrogens with zero attached hydrogens (tertiary/aromatic N) is 3. The van der Waals surface area contributed by atoms with Crippen molar-refractivity contribution in [2.45, 2.75) is 57.7 Å². The van der Waals surface area contributed by atoms with Crippen molar-refractivity contribution < 1.29 is 14.3 Å². The molecule has 3 heterocycles. The summed E-state index contributed by atoms with van der Waals surface area (Å²) >= 11 is 0. The molecule has 0 radical (unpaired) electrons. The molecule has 1 aromatic heterocycles. The van der Waals surface area contributed by atoms with E-state index in [1.807, 2.05) is 23.6 Å². The van der Waals surface area contributed by atoms with Crippen molar-refractivity contribution in [3.8, 4) is 0 Å². The van der Waals surface area contributed by atoms with Gasteiger partial charge in [-0.05, 0) is 33.1 Å². The van der Waals surface area contributed by atoms with Crippen LogP contribution in [0.3, 0.4) is 0 Å². The van der Waals surface area contributed by atoms with Crippen LogP contribution in [0, 0.1) is 5.92 Å². The molecule has 0 unspecified atom stereocenters. The van der Waals surface area contributed by atoms with Gasteiger partial charge in [0.05, 0.1) is 29.7 Å². The number of rotatable bonds is 3. The number of morpholine rings is 1. The van der Waals surface area contributed by atoms with Gasteiger partial charge in [-0.3, -0.25) is 14.7 Å². The Morgan fingerprint density at radius 2 is 1.85 bits per heavy atom. The zero-order valence-corrected chi connectivity index (χ0v) is 15.6. The lowest BCUT2D eigenvalue weighted by molar-refractivity contribution is -0.137. The van der Waals surface area contributed by atoms with Gasteiger partial charge in [0, 0.05) is 38.0 Å². The van der Waals surface area contributed by atoms with Crippen molar-refractivity contribution in [3.63, 3.8) is 0 Å². The van der Waals surface area contributed by atoms with Gasteiger partial charge in [0.25, 0.3) is 5.91 Å². The lowest BCUT2D eigenvalue weighted by Gasteiger charge is -2.35. The van der Waals surface area contributed by atoms with Gasteiger partial charge in [0.1, 0.15) is 0 Å². The third kappa shape index (κ3) is 3.24. The maximum atomic E-state index is 13.0. The van der Waals surface area contributed by atoms with Gasteiger partial charge in [-0.1, -0.05) is 6.42 Å². The number of ether oxygens (including phenoxy) is 1. The van der Waals surface area contributed by atoms with Crippen molar-refractivity contribution in [2.75, 3.05) is 26.2 Å². The van der Waals surface area contributed by atoms with E-state index in [4.69, 9.17) is 4.74 Å². The van der Waals surface area contributed by atoms with Crippen molar-refractivity contribution in [1.82, 2.24) is 20.0 Å². The first kappa shape index (κ1) is 17.5. The number of likely N-dealkylation sites (tertiary alicyclic amines) is 1. The number of aromatic amines is 1. The molecule has 2 aliphatic heterocycles. The van der Waals surface area contributed by atoms with E-state index in [-0.39, 0.29) is 30.0 Å². The van der Waals surface area contributed by atoms with Crippen LogP contribution in [-0.2, 0) is 9.53 Å². The molecule has 1 N–H and O–H groups in total. The molecular weight excluding hydrogens is 332 g/mol. The third-order valence-electron chi connectivity index (χ3n) is 5.97. The normalized spacial score (nSPS) is 29.7. The van der Waals surface area contributed by atoms with E-state index in [0.29, 0.717) is 31.1 Å². The maximum absolute atomic E-state index is 13.0. The second kappa shape index (κ2) is 7.02. The van der Waals surface area contributed by atoms with E-state index >= 15 is 0 Å². The average molecular weight is 360 g/mol. The predicted molar refractivity (Wildman–Crippen MR) is 95.8 cm³/mol. The largest absolute Gasteiger partial charge is 0.372 e. The first-order chi connectivity index (χ1) is 12.5. The zero-order valence-electron chi connectivity index (χ0n) is 15.6. The lowest BCUT2D eigenvalue weighted by atomic mass is 9.84. The van der Waals surface area contributed by atoms with E-state index in [0.717, 1.165) is 31.5 Å². The summed E-state index contributed by atoms with van der Waals surface area (Å²) in [4.78, 5) is 29.4. The minimum absolute atomic E-state index is 0.0134. The van der Waals surface area contributed by atoms with Gasteiger partial charge in [-0.25, -0.2) is 0 Å². The van der Waals surface area contributed by atoms with Crippen LogP contribution in [0.1, 0.15) is 61.5 Å². The number of amides is 2. The second-order valence-electron chi connectivity index (χ2n) is 8.06. The summed E-state index contributed by atoms with van der Waals surface area (Å²) in [5.41, 5.74) is 1.53. The van der Waals surface area contributed by atoms with Crippen LogP contribution in [0.15, 0.2) is 6.20 Å². The Labute approximate surface area is 154 Å². The Kier molecular flexibility index (Phi) is 4.73. The van der Waals surface area contributed by atoms with Crippen LogP contribution in [0.5, 0.6) is 0 Å². The molecule has 0 bridgehead atoms. The molecular formula is C19H28N4O3. The molecule has 1 saturated carbocycles. The second-order valence-corrected chi connectivity index (χ2v) is 8.06. The Morgan fingerprint density at radius 1 is 1.12 bits per heavy atom. The van der Waals surface area contributed by atoms with Gasteiger partial charge < -0.3 is 14.5 Å². The van der Waals surface area contributed by atoms with Crippen molar-refractivity contribution in [2.24, 2.45) is 5.92 Å². The quantitative estimate of drug-likeness (QED) is 0.891. The summed E-state index contributed by atoms with van der Waals surface area (Å²) in [6.45, 7) is 6.65. The fourth-order valence-electron chi connectivity index (χ4n) is 4.40. The third-order valence-corrected chi connectivity index (χ3v) is 5.97. The van der Waals surface area contributed by atoms with Gasteiger partial charge in [0.2, 0.25) is 5.91 Å². The first-order valence-electron chi connectivity index (χ1n) is 9.79. The molecule has 2 saturated heterocycles. The summed E-state index contributed by atoms with van der Waals surface area (Å²) in [7, 11) is 0. The van der Waals surface area contributed by atoms with Crippen LogP contribution >= 0.6 is 0 Å². The number of nitrogens with one attached hydrogen (secondary N) is 1. The van der Waals surface area contributed by atoms with Gasteiger partial charge in [-0.15, -0.1) is 0 Å². The smallest absolute Gasteiger partial charge is 0.257 e. The van der Waals surface area contributed by atoms with Gasteiger partial charge in [-0.2, -0.15) is 5.10 Å². The highest BCUT2D eigenvalue weighted by molar-refractivity contribution is 5.95. The monoisotopic (exact) mass is 360 g/mol. The lowest BCUT2D eigenvalue weighted by Crippen LogP contribution is -2.48. The fourth-order valence-corrected chi connectivity index (χ4v) is 4.40. The molecule has 142 valence electrons. The first-order valence-corrected chi connectivity index (χ1v) is 9.79. The average Bonchev–Trinajstić information content (AvgIpc) is 3.20. The number of carbonyl (C=O) groups excluding carboxylic acids is 2. The minimum Gasteiger partial charge on any atom is -0.372 e. The molecule has 0 aromatic carbocycles. The van der Waals surface area contributed by atoms with E-state index < -0.39 is 0 Å².